The van der Waals surface area contributed by atoms with Gasteiger partial charge in [0.05, 0.1) is 7.11 Å². The number of carbonyl (C=O) groups is 1. The van der Waals surface area contributed by atoms with E-state index in [0.717, 1.165) is 48.8 Å². The van der Waals surface area contributed by atoms with Crippen LogP contribution in [-0.2, 0) is 6.42 Å². The van der Waals surface area contributed by atoms with Gasteiger partial charge in [0, 0.05) is 17.1 Å². The lowest BCUT2D eigenvalue weighted by Crippen LogP contribution is -2.14. The molecule has 1 atom stereocenters. The lowest BCUT2D eigenvalue weighted by atomic mass is 9.96. The molecule has 1 amide bonds. The van der Waals surface area contributed by atoms with E-state index in [2.05, 4.69) is 20.0 Å². The monoisotopic (exact) mass is 318 g/mol. The lowest BCUT2D eigenvalue weighted by molar-refractivity contribution is 0.102. The molecule has 2 aromatic rings. The van der Waals surface area contributed by atoms with Gasteiger partial charge in [-0.15, -0.1) is 0 Å². The Morgan fingerprint density at radius 3 is 3.14 bits per heavy atom. The SMILES string of the molecule is COc1ccc(C(=O)Nc2ncns2)cc1CC1CCNC1. The molecule has 0 radical (unpaired) electrons. The molecule has 2 N–H and O–H groups in total. The fraction of sp³-hybridized carbons (Fsp3) is 0.400. The molecule has 3 rings (SSSR count). The minimum atomic E-state index is -0.176. The molecule has 1 aliphatic heterocycles. The summed E-state index contributed by atoms with van der Waals surface area (Å²) in [6.45, 7) is 2.08. The number of carbonyl (C=O) groups excluding carboxylic acids is 1. The van der Waals surface area contributed by atoms with Crippen molar-refractivity contribution in [1.29, 1.82) is 0 Å². The first-order valence-corrected chi connectivity index (χ1v) is 7.99. The van der Waals surface area contributed by atoms with E-state index in [1.807, 2.05) is 12.1 Å². The number of nitrogens with zero attached hydrogens (tertiary/aromatic N) is 2. The van der Waals surface area contributed by atoms with Gasteiger partial charge < -0.3 is 10.1 Å². The average molecular weight is 318 g/mol. The van der Waals surface area contributed by atoms with Crippen LogP contribution in [0.4, 0.5) is 5.13 Å². The number of nitrogens with one attached hydrogen (secondary N) is 2. The van der Waals surface area contributed by atoms with Crippen LogP contribution in [0.1, 0.15) is 22.3 Å². The molecule has 1 aromatic carbocycles. The molecule has 1 aromatic heterocycles. The molecular weight excluding hydrogens is 300 g/mol. The number of hydrogen-bond donors (Lipinski definition) is 2. The van der Waals surface area contributed by atoms with Crippen LogP contribution < -0.4 is 15.4 Å². The highest BCUT2D eigenvalue weighted by atomic mass is 32.1. The van der Waals surface area contributed by atoms with Gasteiger partial charge in [0.1, 0.15) is 12.1 Å². The van der Waals surface area contributed by atoms with E-state index < -0.39 is 0 Å². The van der Waals surface area contributed by atoms with Crippen molar-refractivity contribution >= 4 is 22.6 Å². The maximum absolute atomic E-state index is 12.3. The lowest BCUT2D eigenvalue weighted by Gasteiger charge is -2.13. The number of ether oxygens (including phenoxy) is 1. The predicted molar refractivity (Wildman–Crippen MR) is 85.5 cm³/mol. The minimum absolute atomic E-state index is 0.176. The highest BCUT2D eigenvalue weighted by Crippen LogP contribution is 2.25. The second kappa shape index (κ2) is 6.85. The van der Waals surface area contributed by atoms with Gasteiger partial charge in [0.2, 0.25) is 5.13 Å². The highest BCUT2D eigenvalue weighted by molar-refractivity contribution is 7.09. The summed E-state index contributed by atoms with van der Waals surface area (Å²) in [5.74, 6) is 1.25. The Hall–Kier alpha value is -1.99. The van der Waals surface area contributed by atoms with Gasteiger partial charge >= 0.3 is 0 Å². The Bertz CT molecular complexity index is 639. The molecule has 0 bridgehead atoms. The van der Waals surface area contributed by atoms with Crippen LogP contribution in [-0.4, -0.2) is 35.5 Å². The van der Waals surface area contributed by atoms with Crippen LogP contribution in [0.5, 0.6) is 5.75 Å². The molecule has 1 unspecified atom stereocenters. The van der Waals surface area contributed by atoms with E-state index in [1.54, 1.807) is 13.2 Å². The van der Waals surface area contributed by atoms with E-state index in [4.69, 9.17) is 4.74 Å². The van der Waals surface area contributed by atoms with Crippen molar-refractivity contribution in [3.63, 3.8) is 0 Å². The molecule has 2 heterocycles. The van der Waals surface area contributed by atoms with E-state index in [1.165, 1.54) is 6.33 Å². The van der Waals surface area contributed by atoms with Crippen molar-refractivity contribution in [2.45, 2.75) is 12.8 Å². The molecular formula is C15H18N4O2S. The molecule has 0 aliphatic carbocycles. The van der Waals surface area contributed by atoms with Crippen molar-refractivity contribution < 1.29 is 9.53 Å². The van der Waals surface area contributed by atoms with E-state index in [0.29, 0.717) is 16.6 Å². The number of amides is 1. The largest absolute Gasteiger partial charge is 0.496 e. The fourth-order valence-electron chi connectivity index (χ4n) is 2.68. The molecule has 116 valence electrons. The summed E-state index contributed by atoms with van der Waals surface area (Å²) in [6.07, 6.45) is 3.49. The number of rotatable bonds is 5. The Balaban J connectivity index is 1.77. The third kappa shape index (κ3) is 3.42. The first-order valence-electron chi connectivity index (χ1n) is 7.22. The predicted octanol–water partition coefficient (Wildman–Crippen LogP) is 1.95. The third-order valence-electron chi connectivity index (χ3n) is 3.80. The van der Waals surface area contributed by atoms with Gasteiger partial charge in [-0.25, -0.2) is 4.98 Å². The highest BCUT2D eigenvalue weighted by Gasteiger charge is 2.18. The smallest absolute Gasteiger partial charge is 0.257 e. The number of aromatic nitrogens is 2. The molecule has 1 aliphatic rings. The third-order valence-corrected chi connectivity index (χ3v) is 4.38. The Morgan fingerprint density at radius 2 is 2.45 bits per heavy atom. The maximum Gasteiger partial charge on any atom is 0.257 e. The van der Waals surface area contributed by atoms with Crippen LogP contribution >= 0.6 is 11.5 Å². The zero-order valence-corrected chi connectivity index (χ0v) is 13.2. The topological polar surface area (TPSA) is 76.1 Å². The summed E-state index contributed by atoms with van der Waals surface area (Å²) in [5.41, 5.74) is 1.68. The first kappa shape index (κ1) is 14.9. The molecule has 1 fully saturated rings. The normalized spacial score (nSPS) is 17.4. The summed E-state index contributed by atoms with van der Waals surface area (Å²) < 4.78 is 9.30. The van der Waals surface area contributed by atoms with Gasteiger partial charge in [-0.2, -0.15) is 4.37 Å². The van der Waals surface area contributed by atoms with Crippen molar-refractivity contribution in [3.8, 4) is 5.75 Å². The van der Waals surface area contributed by atoms with Crippen LogP contribution in [0, 0.1) is 5.92 Å². The van der Waals surface area contributed by atoms with Gasteiger partial charge in [-0.1, -0.05) is 0 Å². The molecule has 7 heteroatoms. The van der Waals surface area contributed by atoms with Crippen LogP contribution in [0.3, 0.4) is 0 Å². The average Bonchev–Trinajstić information content (AvgIpc) is 3.21. The fourth-order valence-corrected chi connectivity index (χ4v) is 3.10. The van der Waals surface area contributed by atoms with Crippen molar-refractivity contribution in [1.82, 2.24) is 14.7 Å². The maximum atomic E-state index is 12.3. The molecule has 6 nitrogen and oxygen atoms in total. The van der Waals surface area contributed by atoms with E-state index >= 15 is 0 Å². The zero-order valence-electron chi connectivity index (χ0n) is 12.3. The van der Waals surface area contributed by atoms with Crippen LogP contribution in [0.2, 0.25) is 0 Å². The number of benzene rings is 1. The molecule has 22 heavy (non-hydrogen) atoms. The van der Waals surface area contributed by atoms with E-state index in [9.17, 15) is 4.79 Å². The summed E-state index contributed by atoms with van der Waals surface area (Å²) in [4.78, 5) is 16.2. The summed E-state index contributed by atoms with van der Waals surface area (Å²) in [5, 5.41) is 6.61. The van der Waals surface area contributed by atoms with Crippen molar-refractivity contribution in [3.05, 3.63) is 35.7 Å². The zero-order chi connectivity index (χ0) is 15.4. The van der Waals surface area contributed by atoms with Crippen molar-refractivity contribution in [2.75, 3.05) is 25.5 Å². The standard InChI is InChI=1S/C15H18N4O2S/c1-21-13-3-2-11(14(20)19-15-17-9-18-22-15)7-12(13)6-10-4-5-16-8-10/h2-3,7,9-10,16H,4-6,8H2,1H3,(H,17,18,19,20). The molecule has 0 saturated carbocycles. The van der Waals surface area contributed by atoms with Gasteiger partial charge in [-0.05, 0) is 55.6 Å². The van der Waals surface area contributed by atoms with Gasteiger partial charge in [-0.3, -0.25) is 10.1 Å². The van der Waals surface area contributed by atoms with Crippen LogP contribution in [0.25, 0.3) is 0 Å². The van der Waals surface area contributed by atoms with E-state index in [-0.39, 0.29) is 5.91 Å². The summed E-state index contributed by atoms with van der Waals surface area (Å²) in [7, 11) is 1.66. The second-order valence-corrected chi connectivity index (χ2v) is 6.07. The Labute approximate surface area is 133 Å². The summed E-state index contributed by atoms with van der Waals surface area (Å²) >= 11 is 1.16. The quantitative estimate of drug-likeness (QED) is 0.881. The first-order chi connectivity index (χ1) is 10.8. The van der Waals surface area contributed by atoms with Gasteiger partial charge in [0.15, 0.2) is 0 Å². The second-order valence-electron chi connectivity index (χ2n) is 5.29. The summed E-state index contributed by atoms with van der Waals surface area (Å²) in [6, 6.07) is 5.53. The molecule has 1 saturated heterocycles. The van der Waals surface area contributed by atoms with Gasteiger partial charge in [0.25, 0.3) is 5.91 Å². The van der Waals surface area contributed by atoms with Crippen molar-refractivity contribution in [2.24, 2.45) is 5.92 Å². The minimum Gasteiger partial charge on any atom is -0.496 e. The number of anilines is 1. The Kier molecular flexibility index (Phi) is 4.65. The number of hydrogen-bond acceptors (Lipinski definition) is 6. The number of methoxy groups -OCH3 is 1. The molecule has 0 spiro atoms. The van der Waals surface area contributed by atoms with Crippen LogP contribution in [0.15, 0.2) is 24.5 Å². The Morgan fingerprint density at radius 1 is 1.55 bits per heavy atom.